The van der Waals surface area contributed by atoms with Crippen LogP contribution in [0, 0.1) is 5.92 Å². The number of amides is 2. The number of anilines is 1. The van der Waals surface area contributed by atoms with Gasteiger partial charge in [-0.05, 0) is 87.7 Å². The van der Waals surface area contributed by atoms with Gasteiger partial charge in [0.05, 0.1) is 42.4 Å². The maximum atomic E-state index is 14.3. The highest BCUT2D eigenvalue weighted by molar-refractivity contribution is 7.89. The van der Waals surface area contributed by atoms with Gasteiger partial charge in [0, 0.05) is 56.3 Å². The highest BCUT2D eigenvalue weighted by Crippen LogP contribution is 2.29. The van der Waals surface area contributed by atoms with Crippen LogP contribution in [0.4, 0.5) is 5.69 Å². The van der Waals surface area contributed by atoms with Gasteiger partial charge in [-0.2, -0.15) is 4.31 Å². The molecule has 0 saturated carbocycles. The van der Waals surface area contributed by atoms with Gasteiger partial charge in [0.1, 0.15) is 11.5 Å². The molecule has 0 saturated heterocycles. The predicted molar refractivity (Wildman–Crippen MR) is 182 cm³/mol. The molecule has 2 amide bonds. The standard InChI is InChI=1S/C35H46N4O8S/c1-24-21-39(25(2)23-40)35(42)31-20-28(37-34(41)27-15-17-36-18-16-27)9-14-32(31)47-26(3)8-6-7-19-46-33(24)22-38(4)48(43,44)30-12-10-29(45-5)11-13-30/h9-18,20,24-26,33,40H,6-8,19,21-23H2,1-5H3,(H,37,41)/t24-,25+,26+,33+/m0/s1. The molecule has 1 aromatic heterocycles. The lowest BCUT2D eigenvalue weighted by atomic mass is 10.0. The van der Waals surface area contributed by atoms with Crippen molar-refractivity contribution in [2.45, 2.75) is 63.2 Å². The predicted octanol–water partition coefficient (Wildman–Crippen LogP) is 4.46. The number of fused-ring (bicyclic) bond motifs is 1. The summed E-state index contributed by atoms with van der Waals surface area (Å²) in [5.41, 5.74) is 1.05. The van der Waals surface area contributed by atoms with Crippen molar-refractivity contribution >= 4 is 27.5 Å². The minimum Gasteiger partial charge on any atom is -0.497 e. The summed E-state index contributed by atoms with van der Waals surface area (Å²) in [6, 6.07) is 13.7. The van der Waals surface area contributed by atoms with E-state index in [-0.39, 0.29) is 48.1 Å². The highest BCUT2D eigenvalue weighted by atomic mass is 32.2. The number of nitrogens with zero attached hydrogens (tertiary/aromatic N) is 3. The van der Waals surface area contributed by atoms with Crippen LogP contribution >= 0.6 is 0 Å². The maximum Gasteiger partial charge on any atom is 0.258 e. The molecule has 2 N–H and O–H groups in total. The number of nitrogens with one attached hydrogen (secondary N) is 1. The topological polar surface area (TPSA) is 148 Å². The van der Waals surface area contributed by atoms with Gasteiger partial charge in [0.25, 0.3) is 11.8 Å². The average molecular weight is 683 g/mol. The summed E-state index contributed by atoms with van der Waals surface area (Å²) in [7, 11) is -0.827. The van der Waals surface area contributed by atoms with Crippen molar-refractivity contribution in [3.63, 3.8) is 0 Å². The van der Waals surface area contributed by atoms with Crippen molar-refractivity contribution in [1.29, 1.82) is 0 Å². The van der Waals surface area contributed by atoms with Crippen molar-refractivity contribution < 1.29 is 37.3 Å². The van der Waals surface area contributed by atoms with E-state index in [0.29, 0.717) is 35.8 Å². The van der Waals surface area contributed by atoms with Crippen LogP contribution in [0.25, 0.3) is 0 Å². The van der Waals surface area contributed by atoms with Crippen LogP contribution in [0.15, 0.2) is 71.9 Å². The number of carbonyl (C=O) groups excluding carboxylic acids is 2. The molecule has 4 rings (SSSR count). The number of benzene rings is 2. The largest absolute Gasteiger partial charge is 0.497 e. The molecular formula is C35H46N4O8S. The third kappa shape index (κ3) is 9.31. The lowest BCUT2D eigenvalue weighted by molar-refractivity contribution is -0.00834. The zero-order valence-corrected chi connectivity index (χ0v) is 29.0. The van der Waals surface area contributed by atoms with Crippen LogP contribution in [-0.4, -0.2) is 98.2 Å². The Morgan fingerprint density at radius 3 is 2.50 bits per heavy atom. The molecule has 1 aliphatic heterocycles. The summed E-state index contributed by atoms with van der Waals surface area (Å²) in [4.78, 5) is 32.9. The maximum absolute atomic E-state index is 14.3. The molecule has 0 bridgehead atoms. The van der Waals surface area contributed by atoms with Gasteiger partial charge in [0.15, 0.2) is 0 Å². The van der Waals surface area contributed by atoms with Crippen LogP contribution in [0.3, 0.4) is 0 Å². The zero-order chi connectivity index (χ0) is 34.8. The molecule has 0 spiro atoms. The van der Waals surface area contributed by atoms with Crippen molar-refractivity contribution in [2.24, 2.45) is 5.92 Å². The normalized spacial score (nSPS) is 20.3. The Labute approximate surface area is 283 Å². The van der Waals surface area contributed by atoms with E-state index in [1.165, 1.54) is 43.0 Å². The Balaban J connectivity index is 1.64. The van der Waals surface area contributed by atoms with Crippen LogP contribution < -0.4 is 14.8 Å². The second-order valence-electron chi connectivity index (χ2n) is 12.2. The first-order valence-corrected chi connectivity index (χ1v) is 17.5. The molecule has 48 heavy (non-hydrogen) atoms. The monoisotopic (exact) mass is 682 g/mol. The zero-order valence-electron chi connectivity index (χ0n) is 28.2. The Kier molecular flexibility index (Phi) is 12.9. The van der Waals surface area contributed by atoms with E-state index in [1.54, 1.807) is 54.3 Å². The number of aliphatic hydroxyl groups excluding tert-OH is 1. The first-order chi connectivity index (χ1) is 22.9. The Morgan fingerprint density at radius 1 is 1.12 bits per heavy atom. The van der Waals surface area contributed by atoms with Gasteiger partial charge in [-0.15, -0.1) is 0 Å². The SMILES string of the molecule is COc1ccc(S(=O)(=O)N(C)C[C@H]2OCCCC[C@@H](C)Oc3ccc(NC(=O)c4ccncc4)cc3C(=O)N([C@H](C)CO)C[C@@H]2C)cc1. The first kappa shape index (κ1) is 36.8. The van der Waals surface area contributed by atoms with Crippen molar-refractivity contribution in [3.8, 4) is 11.5 Å². The molecule has 4 atom stereocenters. The third-order valence-corrected chi connectivity index (χ3v) is 10.3. The van der Waals surface area contributed by atoms with Crippen molar-refractivity contribution in [2.75, 3.05) is 45.8 Å². The number of carbonyl (C=O) groups is 2. The number of rotatable bonds is 9. The lowest BCUT2D eigenvalue weighted by Crippen LogP contribution is -2.48. The van der Waals surface area contributed by atoms with Gasteiger partial charge in [-0.1, -0.05) is 6.92 Å². The summed E-state index contributed by atoms with van der Waals surface area (Å²) >= 11 is 0. The number of methoxy groups -OCH3 is 1. The van der Waals surface area contributed by atoms with Gasteiger partial charge in [0.2, 0.25) is 10.0 Å². The molecule has 12 nitrogen and oxygen atoms in total. The molecule has 13 heteroatoms. The second kappa shape index (κ2) is 16.9. The third-order valence-electron chi connectivity index (χ3n) is 8.46. The van der Waals surface area contributed by atoms with E-state index in [0.717, 1.165) is 12.8 Å². The Morgan fingerprint density at radius 2 is 1.83 bits per heavy atom. The fraction of sp³-hybridized carbons (Fsp3) is 0.457. The molecule has 0 radical (unpaired) electrons. The lowest BCUT2D eigenvalue weighted by Gasteiger charge is -2.35. The van der Waals surface area contributed by atoms with Crippen LogP contribution in [0.5, 0.6) is 11.5 Å². The first-order valence-electron chi connectivity index (χ1n) is 16.1. The average Bonchev–Trinajstić information content (AvgIpc) is 3.09. The minimum absolute atomic E-state index is 0.0480. The van der Waals surface area contributed by atoms with E-state index in [9.17, 15) is 23.1 Å². The highest BCUT2D eigenvalue weighted by Gasteiger charge is 2.32. The van der Waals surface area contributed by atoms with E-state index < -0.39 is 28.1 Å². The molecule has 0 fully saturated rings. The summed E-state index contributed by atoms with van der Waals surface area (Å²) in [5.74, 6) is -0.180. The summed E-state index contributed by atoms with van der Waals surface area (Å²) in [5, 5.41) is 13.1. The van der Waals surface area contributed by atoms with Gasteiger partial charge in [-0.3, -0.25) is 14.6 Å². The number of aliphatic hydroxyl groups is 1. The van der Waals surface area contributed by atoms with E-state index in [4.69, 9.17) is 14.2 Å². The number of aromatic nitrogens is 1. The number of likely N-dealkylation sites (N-methyl/N-ethyl adjacent to an activating group) is 1. The van der Waals surface area contributed by atoms with Gasteiger partial charge >= 0.3 is 0 Å². The number of hydrogen-bond acceptors (Lipinski definition) is 9. The molecule has 0 unspecified atom stereocenters. The van der Waals surface area contributed by atoms with Crippen molar-refractivity contribution in [3.05, 3.63) is 78.1 Å². The molecule has 2 heterocycles. The van der Waals surface area contributed by atoms with Gasteiger partial charge < -0.3 is 29.5 Å². The number of ether oxygens (including phenoxy) is 3. The van der Waals surface area contributed by atoms with E-state index in [2.05, 4.69) is 10.3 Å². The van der Waals surface area contributed by atoms with E-state index >= 15 is 0 Å². The fourth-order valence-electron chi connectivity index (χ4n) is 5.45. The number of hydrogen-bond donors (Lipinski definition) is 2. The summed E-state index contributed by atoms with van der Waals surface area (Å²) < 4.78 is 46.0. The number of pyridine rings is 1. The Bertz CT molecular complexity index is 1620. The fourth-order valence-corrected chi connectivity index (χ4v) is 6.63. The molecule has 2 aromatic carbocycles. The molecular weight excluding hydrogens is 636 g/mol. The van der Waals surface area contributed by atoms with Crippen LogP contribution in [0.2, 0.25) is 0 Å². The quantitative estimate of drug-likeness (QED) is 0.334. The van der Waals surface area contributed by atoms with Crippen LogP contribution in [-0.2, 0) is 14.8 Å². The molecule has 3 aromatic rings. The molecule has 260 valence electrons. The Hall–Kier alpha value is -4.04. The summed E-state index contributed by atoms with van der Waals surface area (Å²) in [6.07, 6.45) is 4.47. The second-order valence-corrected chi connectivity index (χ2v) is 14.2. The minimum atomic E-state index is -3.85. The number of sulfonamides is 1. The van der Waals surface area contributed by atoms with Gasteiger partial charge in [-0.25, -0.2) is 8.42 Å². The smallest absolute Gasteiger partial charge is 0.258 e. The molecule has 0 aliphatic carbocycles. The van der Waals surface area contributed by atoms with Crippen molar-refractivity contribution in [1.82, 2.24) is 14.2 Å². The molecule has 1 aliphatic rings. The van der Waals surface area contributed by atoms with E-state index in [1.807, 2.05) is 13.8 Å². The van der Waals surface area contributed by atoms with Crippen LogP contribution in [0.1, 0.15) is 60.7 Å². The summed E-state index contributed by atoms with van der Waals surface area (Å²) in [6.45, 7) is 5.87.